The molecule has 5 nitrogen and oxygen atoms in total. The van der Waals surface area contributed by atoms with Crippen LogP contribution < -0.4 is 4.74 Å². The van der Waals surface area contributed by atoms with E-state index in [1.54, 1.807) is 32.2 Å². The van der Waals surface area contributed by atoms with Gasteiger partial charge in [0.2, 0.25) is 0 Å². The molecular formula is C28H31NO4. The molecule has 1 aromatic heterocycles. The lowest BCUT2D eigenvalue weighted by atomic mass is 10.0. The number of carbonyl (C=O) groups excluding carboxylic acids is 2. The first-order valence-corrected chi connectivity index (χ1v) is 11.0. The number of benzene rings is 2. The van der Waals surface area contributed by atoms with E-state index in [0.717, 1.165) is 27.6 Å². The van der Waals surface area contributed by atoms with Crippen LogP contribution in [0.15, 0.2) is 54.7 Å². The van der Waals surface area contributed by atoms with Crippen molar-refractivity contribution in [2.45, 2.75) is 59.7 Å². The number of pyridine rings is 1. The summed E-state index contributed by atoms with van der Waals surface area (Å²) >= 11 is 0. The van der Waals surface area contributed by atoms with Gasteiger partial charge in [-0.3, -0.25) is 9.78 Å². The van der Waals surface area contributed by atoms with E-state index in [0.29, 0.717) is 11.3 Å². The number of allylic oxidation sites excluding steroid dienone is 1. The highest BCUT2D eigenvalue weighted by atomic mass is 16.6. The normalized spacial score (nSPS) is 12.2. The summed E-state index contributed by atoms with van der Waals surface area (Å²) < 4.78 is 11.6. The molecule has 0 spiro atoms. The number of fused-ring (bicyclic) bond motifs is 1. The van der Waals surface area contributed by atoms with E-state index in [2.05, 4.69) is 4.98 Å². The third-order valence-electron chi connectivity index (χ3n) is 5.03. The molecular weight excluding hydrogens is 414 g/mol. The highest BCUT2D eigenvalue weighted by Crippen LogP contribution is 2.30. The number of aromatic nitrogens is 1. The summed E-state index contributed by atoms with van der Waals surface area (Å²) in [6.07, 6.45) is 4.92. The molecule has 0 saturated heterocycles. The maximum atomic E-state index is 12.7. The Morgan fingerprint density at radius 3 is 2.21 bits per heavy atom. The van der Waals surface area contributed by atoms with Crippen molar-refractivity contribution in [3.05, 3.63) is 77.0 Å². The molecule has 0 fully saturated rings. The summed E-state index contributed by atoms with van der Waals surface area (Å²) in [6, 6.07) is 13.4. The average molecular weight is 446 g/mol. The Balaban J connectivity index is 1.78. The van der Waals surface area contributed by atoms with Gasteiger partial charge in [-0.25, -0.2) is 4.79 Å². The number of para-hydroxylation sites is 1. The van der Waals surface area contributed by atoms with E-state index < -0.39 is 17.2 Å². The number of esters is 1. The lowest BCUT2D eigenvalue weighted by Gasteiger charge is -2.30. The zero-order chi connectivity index (χ0) is 24.4. The van der Waals surface area contributed by atoms with Crippen LogP contribution in [0.3, 0.4) is 0 Å². The predicted octanol–water partition coefficient (Wildman–Crippen LogP) is 6.25. The van der Waals surface area contributed by atoms with Crippen molar-refractivity contribution in [2.24, 2.45) is 0 Å². The van der Waals surface area contributed by atoms with Gasteiger partial charge >= 0.3 is 5.97 Å². The molecule has 0 aliphatic heterocycles. The minimum atomic E-state index is -1.14. The average Bonchev–Trinajstić information content (AvgIpc) is 2.73. The number of aryl methyl sites for hydroxylation is 2. The molecule has 1 heterocycles. The Hall–Kier alpha value is -3.47. The van der Waals surface area contributed by atoms with Gasteiger partial charge in [0.1, 0.15) is 11.4 Å². The summed E-state index contributed by atoms with van der Waals surface area (Å²) in [4.78, 5) is 29.6. The number of ketones is 1. The van der Waals surface area contributed by atoms with Gasteiger partial charge in [0.25, 0.3) is 0 Å². The SMILES string of the molecule is Cc1cc(/C=C/C(=O)c2cnc3ccccc3c2)cc(C)c1OC(C)(C)C(=O)OC(C)(C)C. The van der Waals surface area contributed by atoms with Crippen LogP contribution in [0.4, 0.5) is 0 Å². The Morgan fingerprint density at radius 2 is 1.58 bits per heavy atom. The molecule has 5 heteroatoms. The quantitative estimate of drug-likeness (QED) is 0.255. The number of hydrogen-bond donors (Lipinski definition) is 0. The first-order chi connectivity index (χ1) is 15.4. The zero-order valence-electron chi connectivity index (χ0n) is 20.4. The monoisotopic (exact) mass is 445 g/mol. The molecule has 0 atom stereocenters. The molecule has 0 bridgehead atoms. The van der Waals surface area contributed by atoms with E-state index in [1.165, 1.54) is 0 Å². The molecule has 3 rings (SSSR count). The maximum Gasteiger partial charge on any atom is 0.350 e. The lowest BCUT2D eigenvalue weighted by molar-refractivity contribution is -0.171. The maximum absolute atomic E-state index is 12.7. The number of ether oxygens (including phenoxy) is 2. The van der Waals surface area contributed by atoms with Gasteiger partial charge in [0.05, 0.1) is 5.52 Å². The van der Waals surface area contributed by atoms with Crippen LogP contribution in [-0.2, 0) is 9.53 Å². The first-order valence-electron chi connectivity index (χ1n) is 11.0. The summed E-state index contributed by atoms with van der Waals surface area (Å²) in [5.41, 5.74) is 2.27. The molecule has 0 N–H and O–H groups in total. The molecule has 3 aromatic rings. The number of nitrogens with zero attached hydrogens (tertiary/aromatic N) is 1. The second-order valence-corrected chi connectivity index (χ2v) is 9.71. The van der Waals surface area contributed by atoms with Crippen molar-refractivity contribution < 1.29 is 19.1 Å². The lowest BCUT2D eigenvalue weighted by Crippen LogP contribution is -2.43. The topological polar surface area (TPSA) is 65.5 Å². The second-order valence-electron chi connectivity index (χ2n) is 9.71. The van der Waals surface area contributed by atoms with Gasteiger partial charge in [0, 0.05) is 17.1 Å². The molecule has 0 aliphatic rings. The summed E-state index contributed by atoms with van der Waals surface area (Å²) in [5.74, 6) is 0.0929. The Kier molecular flexibility index (Phi) is 6.73. The van der Waals surface area contributed by atoms with Gasteiger partial charge in [-0.2, -0.15) is 0 Å². The fraction of sp³-hybridized carbons (Fsp3) is 0.321. The third kappa shape index (κ3) is 6.07. The number of hydrogen-bond acceptors (Lipinski definition) is 5. The smallest absolute Gasteiger partial charge is 0.350 e. The van der Waals surface area contributed by atoms with Crippen LogP contribution in [0.25, 0.3) is 17.0 Å². The van der Waals surface area contributed by atoms with Crippen LogP contribution in [0.5, 0.6) is 5.75 Å². The van der Waals surface area contributed by atoms with E-state index in [1.807, 2.05) is 77.1 Å². The van der Waals surface area contributed by atoms with Crippen molar-refractivity contribution in [1.29, 1.82) is 0 Å². The molecule has 2 aromatic carbocycles. The largest absolute Gasteiger partial charge is 0.476 e. The van der Waals surface area contributed by atoms with Crippen molar-refractivity contribution in [3.63, 3.8) is 0 Å². The van der Waals surface area contributed by atoms with Crippen molar-refractivity contribution in [1.82, 2.24) is 4.98 Å². The summed E-state index contributed by atoms with van der Waals surface area (Å²) in [7, 11) is 0. The number of rotatable bonds is 6. The molecule has 33 heavy (non-hydrogen) atoms. The molecule has 0 saturated carbocycles. The van der Waals surface area contributed by atoms with Gasteiger partial charge in [-0.1, -0.05) is 24.3 Å². The highest BCUT2D eigenvalue weighted by molar-refractivity contribution is 6.08. The Morgan fingerprint density at radius 1 is 0.939 bits per heavy atom. The third-order valence-corrected chi connectivity index (χ3v) is 5.03. The van der Waals surface area contributed by atoms with Gasteiger partial charge in [-0.15, -0.1) is 0 Å². The van der Waals surface area contributed by atoms with Gasteiger partial charge in [0.15, 0.2) is 11.4 Å². The van der Waals surface area contributed by atoms with E-state index in [4.69, 9.17) is 9.47 Å². The molecule has 0 amide bonds. The van der Waals surface area contributed by atoms with Crippen molar-refractivity contribution >= 4 is 28.7 Å². The highest BCUT2D eigenvalue weighted by Gasteiger charge is 2.35. The molecule has 0 unspecified atom stereocenters. The fourth-order valence-electron chi connectivity index (χ4n) is 3.41. The Labute approximate surface area is 195 Å². The van der Waals surface area contributed by atoms with Crippen LogP contribution in [-0.4, -0.2) is 27.9 Å². The minimum Gasteiger partial charge on any atom is -0.476 e. The van der Waals surface area contributed by atoms with Crippen LogP contribution in [0.1, 0.15) is 61.7 Å². The molecule has 0 radical (unpaired) electrons. The molecule has 0 aliphatic carbocycles. The summed E-state index contributed by atoms with van der Waals surface area (Å²) in [6.45, 7) is 12.7. The first kappa shape index (κ1) is 24.2. The van der Waals surface area contributed by atoms with Crippen molar-refractivity contribution in [3.8, 4) is 5.75 Å². The molecule has 172 valence electrons. The summed E-state index contributed by atoms with van der Waals surface area (Å²) in [5, 5.41) is 0.928. The minimum absolute atomic E-state index is 0.116. The zero-order valence-corrected chi connectivity index (χ0v) is 20.4. The predicted molar refractivity (Wildman–Crippen MR) is 132 cm³/mol. The number of carbonyl (C=O) groups is 2. The second kappa shape index (κ2) is 9.18. The van der Waals surface area contributed by atoms with E-state index in [9.17, 15) is 9.59 Å². The van der Waals surface area contributed by atoms with Gasteiger partial charge < -0.3 is 9.47 Å². The van der Waals surface area contributed by atoms with E-state index in [-0.39, 0.29) is 5.78 Å². The van der Waals surface area contributed by atoms with Crippen molar-refractivity contribution in [2.75, 3.05) is 0 Å². The van der Waals surface area contributed by atoms with Crippen LogP contribution in [0, 0.1) is 13.8 Å². The fourth-order valence-corrected chi connectivity index (χ4v) is 3.41. The van der Waals surface area contributed by atoms with E-state index >= 15 is 0 Å². The van der Waals surface area contributed by atoms with Crippen LogP contribution >= 0.6 is 0 Å². The van der Waals surface area contributed by atoms with Crippen LogP contribution in [0.2, 0.25) is 0 Å². The Bertz CT molecular complexity index is 1210. The van der Waals surface area contributed by atoms with Gasteiger partial charge in [-0.05, 0) is 95.5 Å². The standard InChI is InChI=1S/C28H31NO4/c1-18-14-20(12-13-24(30)22-16-21-10-8-9-11-23(21)29-17-22)15-19(2)25(18)32-28(6,7)26(31)33-27(3,4)5/h8-17H,1-7H3/b13-12+.